The molecule has 0 atom stereocenters. The molecule has 4 nitrogen and oxygen atoms in total. The first-order valence-electron chi connectivity index (χ1n) is 6.89. The molecule has 0 amide bonds. The van der Waals surface area contributed by atoms with Crippen LogP contribution in [0, 0.1) is 0 Å². The molecule has 0 bridgehead atoms. The number of phenols is 1. The molecule has 0 spiro atoms. The largest absolute Gasteiger partial charge is 0.508 e. The van der Waals surface area contributed by atoms with Crippen molar-refractivity contribution in [2.75, 3.05) is 0 Å². The molecule has 1 aliphatic carbocycles. The van der Waals surface area contributed by atoms with Crippen molar-refractivity contribution in [2.45, 2.75) is 24.7 Å². The van der Waals surface area contributed by atoms with Crippen LogP contribution < -0.4 is 0 Å². The molecule has 0 saturated heterocycles. The highest BCUT2D eigenvalue weighted by atomic mass is 16.3. The van der Waals surface area contributed by atoms with Gasteiger partial charge in [-0.3, -0.25) is 0 Å². The van der Waals surface area contributed by atoms with Crippen molar-refractivity contribution in [3.63, 3.8) is 0 Å². The van der Waals surface area contributed by atoms with E-state index in [1.54, 1.807) is 16.8 Å². The molecule has 0 radical (unpaired) electrons. The Balaban J connectivity index is 1.91. The van der Waals surface area contributed by atoms with Crippen molar-refractivity contribution in [3.8, 4) is 5.75 Å². The molecule has 1 aromatic carbocycles. The van der Waals surface area contributed by atoms with E-state index in [0.29, 0.717) is 5.75 Å². The Morgan fingerprint density at radius 2 is 2.00 bits per heavy atom. The van der Waals surface area contributed by atoms with E-state index in [1.807, 2.05) is 36.5 Å². The van der Waals surface area contributed by atoms with Gasteiger partial charge in [-0.25, -0.2) is 9.50 Å². The Labute approximate surface area is 116 Å². The predicted molar refractivity (Wildman–Crippen MR) is 75.7 cm³/mol. The Kier molecular flexibility index (Phi) is 2.33. The maximum absolute atomic E-state index is 10.2. The zero-order chi connectivity index (χ0) is 13.6. The summed E-state index contributed by atoms with van der Waals surface area (Å²) >= 11 is 0. The van der Waals surface area contributed by atoms with Crippen molar-refractivity contribution in [1.29, 1.82) is 0 Å². The molecule has 1 saturated carbocycles. The predicted octanol–water partition coefficient (Wildman–Crippen LogP) is 2.90. The summed E-state index contributed by atoms with van der Waals surface area (Å²) in [5.74, 6) is 0.359. The summed E-state index contributed by atoms with van der Waals surface area (Å²) in [6.07, 6.45) is 6.88. The van der Waals surface area contributed by atoms with E-state index in [4.69, 9.17) is 0 Å². The number of aromatic hydroxyl groups is 1. The molecule has 1 fully saturated rings. The molecule has 20 heavy (non-hydrogen) atoms. The van der Waals surface area contributed by atoms with Gasteiger partial charge in [0.25, 0.3) is 0 Å². The molecule has 100 valence electrons. The molecule has 0 aliphatic heterocycles. The molecule has 1 aliphatic rings. The fourth-order valence-corrected chi connectivity index (χ4v) is 3.14. The number of phenolic OH excluding ortho intramolecular Hbond substituents is 1. The summed E-state index contributed by atoms with van der Waals surface area (Å²) in [5, 5.41) is 14.9. The Bertz CT molecular complexity index is 741. The van der Waals surface area contributed by atoms with Crippen LogP contribution in [0.25, 0.3) is 5.65 Å². The molecule has 1 N–H and O–H groups in total. The number of benzene rings is 1. The highest BCUT2D eigenvalue weighted by molar-refractivity contribution is 5.50. The third kappa shape index (κ3) is 1.48. The molecule has 4 rings (SSSR count). The van der Waals surface area contributed by atoms with E-state index >= 15 is 0 Å². The summed E-state index contributed by atoms with van der Waals surface area (Å²) in [5.41, 5.74) is 2.68. The van der Waals surface area contributed by atoms with Crippen LogP contribution in [-0.4, -0.2) is 19.7 Å². The normalized spacial score (nSPS) is 17.0. The van der Waals surface area contributed by atoms with E-state index in [9.17, 15) is 5.11 Å². The van der Waals surface area contributed by atoms with Crippen molar-refractivity contribution in [3.05, 3.63) is 60.0 Å². The van der Waals surface area contributed by atoms with Gasteiger partial charge in [0.2, 0.25) is 0 Å². The first kappa shape index (κ1) is 11.5. The quantitative estimate of drug-likeness (QED) is 0.775. The first-order chi connectivity index (χ1) is 9.79. The second-order valence-electron chi connectivity index (χ2n) is 5.40. The highest BCUT2D eigenvalue weighted by Gasteiger charge is 2.44. The Morgan fingerprint density at radius 1 is 1.15 bits per heavy atom. The van der Waals surface area contributed by atoms with Gasteiger partial charge < -0.3 is 5.11 Å². The molecule has 2 aromatic heterocycles. The maximum atomic E-state index is 10.2. The molecular weight excluding hydrogens is 250 g/mol. The standard InChI is InChI=1S/C16H15N3O/c20-13-6-2-1-5-12(13)16(7-3-8-16)14-11-15-17-9-4-10-19(15)18-14/h1-2,4-6,9-11,20H,3,7-8H2. The van der Waals surface area contributed by atoms with Crippen LogP contribution in [0.2, 0.25) is 0 Å². The zero-order valence-electron chi connectivity index (χ0n) is 11.0. The van der Waals surface area contributed by atoms with Crippen LogP contribution in [-0.2, 0) is 5.41 Å². The average Bonchev–Trinajstić information content (AvgIpc) is 2.83. The van der Waals surface area contributed by atoms with Crippen LogP contribution in [0.5, 0.6) is 5.75 Å². The number of hydrogen-bond donors (Lipinski definition) is 1. The van der Waals surface area contributed by atoms with Gasteiger partial charge in [0.15, 0.2) is 5.65 Å². The lowest BCUT2D eigenvalue weighted by molar-refractivity contribution is 0.282. The van der Waals surface area contributed by atoms with Crippen LogP contribution in [0.4, 0.5) is 0 Å². The highest BCUT2D eigenvalue weighted by Crippen LogP contribution is 2.50. The number of fused-ring (bicyclic) bond motifs is 1. The smallest absolute Gasteiger partial charge is 0.155 e. The molecule has 4 heteroatoms. The fourth-order valence-electron chi connectivity index (χ4n) is 3.14. The van der Waals surface area contributed by atoms with Gasteiger partial charge in [0, 0.05) is 29.4 Å². The number of para-hydroxylation sites is 1. The third-order valence-electron chi connectivity index (χ3n) is 4.35. The maximum Gasteiger partial charge on any atom is 0.155 e. The van der Waals surface area contributed by atoms with Crippen LogP contribution in [0.15, 0.2) is 48.8 Å². The van der Waals surface area contributed by atoms with Gasteiger partial charge in [-0.05, 0) is 25.0 Å². The van der Waals surface area contributed by atoms with E-state index in [-0.39, 0.29) is 5.41 Å². The van der Waals surface area contributed by atoms with E-state index < -0.39 is 0 Å². The minimum absolute atomic E-state index is 0.154. The van der Waals surface area contributed by atoms with Crippen LogP contribution in [0.1, 0.15) is 30.5 Å². The first-order valence-corrected chi connectivity index (χ1v) is 6.89. The monoisotopic (exact) mass is 265 g/mol. The Hall–Kier alpha value is -2.36. The summed E-state index contributed by atoms with van der Waals surface area (Å²) < 4.78 is 1.80. The fraction of sp³-hybridized carbons (Fsp3) is 0.250. The molecular formula is C16H15N3O. The van der Waals surface area contributed by atoms with Crippen molar-refractivity contribution in [1.82, 2.24) is 14.6 Å². The molecule has 0 unspecified atom stereocenters. The topological polar surface area (TPSA) is 50.4 Å². The van der Waals surface area contributed by atoms with Gasteiger partial charge in [0.05, 0.1) is 5.69 Å². The van der Waals surface area contributed by atoms with Crippen LogP contribution >= 0.6 is 0 Å². The summed E-state index contributed by atoms with van der Waals surface area (Å²) in [6, 6.07) is 11.5. The van der Waals surface area contributed by atoms with Crippen molar-refractivity contribution < 1.29 is 5.11 Å². The van der Waals surface area contributed by atoms with Crippen LogP contribution in [0.3, 0.4) is 0 Å². The lowest BCUT2D eigenvalue weighted by atomic mass is 9.62. The SMILES string of the molecule is Oc1ccccc1C1(c2cc3ncccn3n2)CCC1. The summed E-state index contributed by atoms with van der Waals surface area (Å²) in [4.78, 5) is 4.33. The average molecular weight is 265 g/mol. The van der Waals surface area contributed by atoms with E-state index in [0.717, 1.165) is 36.2 Å². The van der Waals surface area contributed by atoms with E-state index in [2.05, 4.69) is 10.1 Å². The van der Waals surface area contributed by atoms with Gasteiger partial charge in [-0.1, -0.05) is 24.6 Å². The van der Waals surface area contributed by atoms with E-state index in [1.165, 1.54) is 0 Å². The zero-order valence-corrected chi connectivity index (χ0v) is 11.0. The minimum atomic E-state index is -0.154. The summed E-state index contributed by atoms with van der Waals surface area (Å²) in [7, 11) is 0. The summed E-state index contributed by atoms with van der Waals surface area (Å²) in [6.45, 7) is 0. The van der Waals surface area contributed by atoms with Gasteiger partial charge in [-0.2, -0.15) is 5.10 Å². The Morgan fingerprint density at radius 3 is 2.70 bits per heavy atom. The van der Waals surface area contributed by atoms with Gasteiger partial charge in [0.1, 0.15) is 5.75 Å². The molecule has 2 heterocycles. The van der Waals surface area contributed by atoms with Gasteiger partial charge in [-0.15, -0.1) is 0 Å². The lowest BCUT2D eigenvalue weighted by Crippen LogP contribution is -2.36. The number of aromatic nitrogens is 3. The van der Waals surface area contributed by atoms with Crippen molar-refractivity contribution >= 4 is 5.65 Å². The molecule has 3 aromatic rings. The number of rotatable bonds is 2. The lowest BCUT2D eigenvalue weighted by Gasteiger charge is -2.41. The van der Waals surface area contributed by atoms with Crippen molar-refractivity contribution in [2.24, 2.45) is 0 Å². The minimum Gasteiger partial charge on any atom is -0.508 e. The third-order valence-corrected chi connectivity index (χ3v) is 4.35. The second-order valence-corrected chi connectivity index (χ2v) is 5.40. The number of hydrogen-bond acceptors (Lipinski definition) is 3. The number of nitrogens with zero attached hydrogens (tertiary/aromatic N) is 3. The van der Waals surface area contributed by atoms with Gasteiger partial charge >= 0.3 is 0 Å². The second kappa shape index (κ2) is 4.07.